The van der Waals surface area contributed by atoms with Gasteiger partial charge in [0.15, 0.2) is 0 Å². The van der Waals surface area contributed by atoms with Gasteiger partial charge in [0.1, 0.15) is 0 Å². The van der Waals surface area contributed by atoms with Crippen LogP contribution in [0, 0.1) is 11.8 Å². The van der Waals surface area contributed by atoms with Gasteiger partial charge < -0.3 is 14.9 Å². The zero-order valence-electron chi connectivity index (χ0n) is 13.8. The molecule has 3 nitrogen and oxygen atoms in total. The van der Waals surface area contributed by atoms with Crippen LogP contribution in [0.15, 0.2) is 24.0 Å². The standard InChI is InChI=1S/C18H32O3/c1-13(2)18(20)6-5-11-21-17-9-7-16(8-10-17)12-14(3)15(4)19/h9,14-16,18-20H,1,5-8,10-12H2,2-4H3. The van der Waals surface area contributed by atoms with Crippen molar-refractivity contribution in [3.8, 4) is 0 Å². The molecule has 21 heavy (non-hydrogen) atoms. The van der Waals surface area contributed by atoms with Crippen molar-refractivity contribution >= 4 is 0 Å². The van der Waals surface area contributed by atoms with E-state index in [1.165, 1.54) is 0 Å². The summed E-state index contributed by atoms with van der Waals surface area (Å²) in [7, 11) is 0. The fourth-order valence-electron chi connectivity index (χ4n) is 2.66. The van der Waals surface area contributed by atoms with Crippen LogP contribution in [0.4, 0.5) is 0 Å². The normalized spacial score (nSPS) is 23.1. The lowest BCUT2D eigenvalue weighted by Crippen LogP contribution is -2.18. The smallest absolute Gasteiger partial charge is 0.0920 e. The van der Waals surface area contributed by atoms with E-state index in [0.717, 1.165) is 49.9 Å². The molecule has 0 saturated carbocycles. The first kappa shape index (κ1) is 18.2. The maximum Gasteiger partial charge on any atom is 0.0920 e. The molecule has 4 atom stereocenters. The lowest BCUT2D eigenvalue weighted by atomic mass is 9.84. The molecular formula is C18H32O3. The molecular weight excluding hydrogens is 264 g/mol. The second kappa shape index (κ2) is 9.26. The van der Waals surface area contributed by atoms with E-state index < -0.39 is 6.10 Å². The minimum Gasteiger partial charge on any atom is -0.498 e. The molecule has 2 N–H and O–H groups in total. The van der Waals surface area contributed by atoms with Crippen LogP contribution in [0.1, 0.15) is 59.3 Å². The summed E-state index contributed by atoms with van der Waals surface area (Å²) in [6, 6.07) is 0. The third kappa shape index (κ3) is 7.14. The molecule has 1 aliphatic rings. The van der Waals surface area contributed by atoms with Crippen molar-refractivity contribution < 1.29 is 14.9 Å². The van der Waals surface area contributed by atoms with Gasteiger partial charge in [0.05, 0.1) is 24.6 Å². The zero-order chi connectivity index (χ0) is 15.8. The van der Waals surface area contributed by atoms with E-state index in [-0.39, 0.29) is 6.10 Å². The van der Waals surface area contributed by atoms with E-state index in [1.54, 1.807) is 0 Å². The maximum absolute atomic E-state index is 9.64. The second-order valence-electron chi connectivity index (χ2n) is 6.62. The van der Waals surface area contributed by atoms with Crippen molar-refractivity contribution in [2.24, 2.45) is 11.8 Å². The third-order valence-electron chi connectivity index (χ3n) is 4.48. The monoisotopic (exact) mass is 296 g/mol. The summed E-state index contributed by atoms with van der Waals surface area (Å²) in [5, 5.41) is 19.2. The topological polar surface area (TPSA) is 49.7 Å². The van der Waals surface area contributed by atoms with E-state index in [9.17, 15) is 10.2 Å². The minimum atomic E-state index is -0.403. The van der Waals surface area contributed by atoms with Gasteiger partial charge in [0, 0.05) is 6.42 Å². The quantitative estimate of drug-likeness (QED) is 0.502. The van der Waals surface area contributed by atoms with Gasteiger partial charge in [-0.05, 0) is 63.9 Å². The summed E-state index contributed by atoms with van der Waals surface area (Å²) >= 11 is 0. The molecule has 0 amide bonds. The molecule has 3 heteroatoms. The fraction of sp³-hybridized carbons (Fsp3) is 0.778. The number of allylic oxidation sites excluding steroid dienone is 2. The molecule has 0 radical (unpaired) electrons. The molecule has 1 aliphatic carbocycles. The number of hydrogen-bond donors (Lipinski definition) is 2. The highest BCUT2D eigenvalue weighted by molar-refractivity contribution is 5.00. The highest BCUT2D eigenvalue weighted by atomic mass is 16.5. The van der Waals surface area contributed by atoms with Crippen molar-refractivity contribution in [2.45, 2.75) is 71.5 Å². The summed E-state index contributed by atoms with van der Waals surface area (Å²) in [5.74, 6) is 2.14. The van der Waals surface area contributed by atoms with E-state index in [4.69, 9.17) is 4.74 Å². The predicted octanol–water partition coefficient (Wildman–Crippen LogP) is 3.81. The number of ether oxygens (including phenoxy) is 1. The van der Waals surface area contributed by atoms with Crippen LogP contribution >= 0.6 is 0 Å². The molecule has 4 unspecified atom stereocenters. The first-order valence-electron chi connectivity index (χ1n) is 8.23. The van der Waals surface area contributed by atoms with E-state index in [1.807, 2.05) is 13.8 Å². The molecule has 0 aromatic carbocycles. The zero-order valence-corrected chi connectivity index (χ0v) is 13.8. The van der Waals surface area contributed by atoms with Crippen LogP contribution in [0.25, 0.3) is 0 Å². The molecule has 0 aliphatic heterocycles. The molecule has 0 spiro atoms. The molecule has 1 rings (SSSR count). The van der Waals surface area contributed by atoms with Crippen molar-refractivity contribution in [2.75, 3.05) is 6.61 Å². The SMILES string of the molecule is C=C(C)C(O)CCCOC1=CCC(CC(C)C(C)O)CC1. The Balaban J connectivity index is 2.19. The Morgan fingerprint density at radius 2 is 2.14 bits per heavy atom. The van der Waals surface area contributed by atoms with Crippen LogP contribution in [0.2, 0.25) is 0 Å². The third-order valence-corrected chi connectivity index (χ3v) is 4.48. The Bertz CT molecular complexity index is 346. The Morgan fingerprint density at radius 1 is 1.43 bits per heavy atom. The molecule has 0 heterocycles. The van der Waals surface area contributed by atoms with Gasteiger partial charge in [-0.25, -0.2) is 0 Å². The summed E-state index contributed by atoms with van der Waals surface area (Å²) in [6.07, 6.45) is 7.46. The van der Waals surface area contributed by atoms with Gasteiger partial charge in [0.2, 0.25) is 0 Å². The molecule has 0 saturated heterocycles. The van der Waals surface area contributed by atoms with Crippen LogP contribution in [0.3, 0.4) is 0 Å². The van der Waals surface area contributed by atoms with Gasteiger partial charge in [-0.3, -0.25) is 0 Å². The van der Waals surface area contributed by atoms with Gasteiger partial charge >= 0.3 is 0 Å². The minimum absolute atomic E-state index is 0.216. The van der Waals surface area contributed by atoms with E-state index in [0.29, 0.717) is 18.4 Å². The Morgan fingerprint density at radius 3 is 2.67 bits per heavy atom. The van der Waals surface area contributed by atoms with E-state index in [2.05, 4.69) is 19.6 Å². The van der Waals surface area contributed by atoms with Crippen molar-refractivity contribution in [1.82, 2.24) is 0 Å². The lowest BCUT2D eigenvalue weighted by Gasteiger charge is -2.26. The highest BCUT2D eigenvalue weighted by Gasteiger charge is 2.20. The fourth-order valence-corrected chi connectivity index (χ4v) is 2.66. The molecule has 0 aromatic heterocycles. The van der Waals surface area contributed by atoms with Crippen LogP contribution in [-0.4, -0.2) is 29.0 Å². The summed E-state index contributed by atoms with van der Waals surface area (Å²) in [5.41, 5.74) is 0.821. The van der Waals surface area contributed by atoms with Crippen molar-refractivity contribution in [1.29, 1.82) is 0 Å². The van der Waals surface area contributed by atoms with Gasteiger partial charge in [-0.15, -0.1) is 0 Å². The molecule has 0 aromatic rings. The molecule has 0 bridgehead atoms. The number of aliphatic hydroxyl groups is 2. The van der Waals surface area contributed by atoms with Gasteiger partial charge in [-0.1, -0.05) is 19.1 Å². The van der Waals surface area contributed by atoms with Crippen LogP contribution in [-0.2, 0) is 4.74 Å². The predicted molar refractivity (Wildman–Crippen MR) is 86.9 cm³/mol. The highest BCUT2D eigenvalue weighted by Crippen LogP contribution is 2.30. The Kier molecular flexibility index (Phi) is 8.05. The Labute approximate surface area is 129 Å². The summed E-state index contributed by atoms with van der Waals surface area (Å²) < 4.78 is 5.78. The summed E-state index contributed by atoms with van der Waals surface area (Å²) in [6.45, 7) is 10.3. The second-order valence-corrected chi connectivity index (χ2v) is 6.62. The number of hydrogen-bond acceptors (Lipinski definition) is 3. The Hall–Kier alpha value is -0.800. The average molecular weight is 296 g/mol. The summed E-state index contributed by atoms with van der Waals surface area (Å²) in [4.78, 5) is 0. The van der Waals surface area contributed by atoms with Crippen molar-refractivity contribution in [3.05, 3.63) is 24.0 Å². The van der Waals surface area contributed by atoms with Crippen LogP contribution < -0.4 is 0 Å². The van der Waals surface area contributed by atoms with E-state index >= 15 is 0 Å². The van der Waals surface area contributed by atoms with Gasteiger partial charge in [0.25, 0.3) is 0 Å². The maximum atomic E-state index is 9.64. The van der Waals surface area contributed by atoms with Crippen molar-refractivity contribution in [3.63, 3.8) is 0 Å². The van der Waals surface area contributed by atoms with Gasteiger partial charge in [-0.2, -0.15) is 0 Å². The molecule has 122 valence electrons. The largest absolute Gasteiger partial charge is 0.498 e. The first-order valence-corrected chi connectivity index (χ1v) is 8.23. The van der Waals surface area contributed by atoms with Crippen LogP contribution in [0.5, 0.6) is 0 Å². The first-order chi connectivity index (χ1) is 9.90. The molecule has 0 fully saturated rings. The number of aliphatic hydroxyl groups excluding tert-OH is 2. The lowest BCUT2D eigenvalue weighted by molar-refractivity contribution is 0.113. The average Bonchev–Trinajstić information content (AvgIpc) is 2.44. The number of rotatable bonds is 9.